The van der Waals surface area contributed by atoms with Gasteiger partial charge in [0.1, 0.15) is 29.4 Å². The van der Waals surface area contributed by atoms with Crippen LogP contribution in [0.15, 0.2) is 65.9 Å². The van der Waals surface area contributed by atoms with Gasteiger partial charge in [-0.2, -0.15) is 5.10 Å². The van der Waals surface area contributed by atoms with Gasteiger partial charge in [-0.1, -0.05) is 34.1 Å². The molecule has 8 heteroatoms. The lowest BCUT2D eigenvalue weighted by Gasteiger charge is -2.25. The van der Waals surface area contributed by atoms with Crippen LogP contribution >= 0.6 is 0 Å². The number of unbranched alkanes of at least 4 members (excludes halogenated alkanes) is 1. The van der Waals surface area contributed by atoms with Crippen molar-refractivity contribution in [1.82, 2.24) is 15.0 Å². The molecule has 5 rings (SSSR count). The summed E-state index contributed by atoms with van der Waals surface area (Å²) in [6.45, 7) is 15.6. The van der Waals surface area contributed by atoms with Crippen molar-refractivity contribution in [2.45, 2.75) is 60.4 Å². The molecule has 41 heavy (non-hydrogen) atoms. The van der Waals surface area contributed by atoms with Crippen molar-refractivity contribution in [2.75, 3.05) is 29.9 Å². The number of hydrazone groups is 1. The van der Waals surface area contributed by atoms with E-state index in [2.05, 4.69) is 91.1 Å². The zero-order valence-corrected chi connectivity index (χ0v) is 25.1. The molecule has 0 amide bonds. The Labute approximate surface area is 243 Å². The predicted octanol–water partition coefficient (Wildman–Crippen LogP) is 7.44. The molecule has 0 aliphatic carbocycles. The first-order chi connectivity index (χ1) is 19.8. The van der Waals surface area contributed by atoms with Gasteiger partial charge in [0.2, 0.25) is 0 Å². The van der Waals surface area contributed by atoms with E-state index in [9.17, 15) is 0 Å². The van der Waals surface area contributed by atoms with Crippen LogP contribution in [-0.2, 0) is 0 Å². The number of aromatic nitrogens is 2. The van der Waals surface area contributed by atoms with Crippen LogP contribution in [0, 0.1) is 18.8 Å². The molecule has 1 aromatic heterocycles. The van der Waals surface area contributed by atoms with E-state index in [1.165, 1.54) is 0 Å². The normalized spacial score (nSPS) is 18.9. The molecule has 8 nitrogen and oxygen atoms in total. The number of aryl methyl sites for hydroxylation is 1. The summed E-state index contributed by atoms with van der Waals surface area (Å²) in [5, 5.41) is 11.0. The van der Waals surface area contributed by atoms with Crippen molar-refractivity contribution in [2.24, 2.45) is 16.9 Å². The molecular formula is C33H42N6O2. The number of nitrogens with zero attached hydrogens (tertiary/aromatic N) is 5. The average molecular weight is 555 g/mol. The first-order valence-electron chi connectivity index (χ1n) is 14.7. The standard InChI is InChI=1S/C33H42N6O2/c1-7-8-12-38-19-23(4)20-40-32-17-29-28(16-30(32)38)33(35-21-34-29)37-26-9-10-31(24(5)14-26)41-27-11-13-39(25(6)15-27)36-18-22(2)3/h9-11,13-18,21-23,25H,7-8,12,19-20H2,1-6H3,(H,34,35,37)/b36-18-. The first-order valence-corrected chi connectivity index (χ1v) is 14.7. The third-order valence-corrected chi connectivity index (χ3v) is 7.27. The minimum atomic E-state index is 0.110. The van der Waals surface area contributed by atoms with Gasteiger partial charge in [-0.3, -0.25) is 5.01 Å². The van der Waals surface area contributed by atoms with E-state index in [0.29, 0.717) is 18.4 Å². The Morgan fingerprint density at radius 1 is 1.20 bits per heavy atom. The zero-order chi connectivity index (χ0) is 28.9. The van der Waals surface area contributed by atoms with Crippen LogP contribution in [0.2, 0.25) is 0 Å². The quantitative estimate of drug-likeness (QED) is 0.276. The summed E-state index contributed by atoms with van der Waals surface area (Å²) in [6.07, 6.45) is 11.8. The monoisotopic (exact) mass is 554 g/mol. The van der Waals surface area contributed by atoms with Gasteiger partial charge in [-0.15, -0.1) is 0 Å². The number of benzene rings is 2. The lowest BCUT2D eigenvalue weighted by Crippen LogP contribution is -2.29. The van der Waals surface area contributed by atoms with Crippen molar-refractivity contribution in [3.63, 3.8) is 0 Å². The summed E-state index contributed by atoms with van der Waals surface area (Å²) >= 11 is 0. The van der Waals surface area contributed by atoms with Gasteiger partial charge >= 0.3 is 0 Å². The van der Waals surface area contributed by atoms with E-state index in [0.717, 1.165) is 76.8 Å². The van der Waals surface area contributed by atoms with E-state index >= 15 is 0 Å². The highest BCUT2D eigenvalue weighted by Crippen LogP contribution is 2.38. The van der Waals surface area contributed by atoms with Crippen LogP contribution in [0.1, 0.15) is 53.0 Å². The van der Waals surface area contributed by atoms with Crippen molar-refractivity contribution in [3.05, 3.63) is 66.3 Å². The summed E-state index contributed by atoms with van der Waals surface area (Å²) < 4.78 is 12.5. The number of nitrogens with one attached hydrogen (secondary N) is 1. The Bertz CT molecular complexity index is 1460. The fraction of sp³-hybridized carbons (Fsp3) is 0.424. The summed E-state index contributed by atoms with van der Waals surface area (Å²) in [5.41, 5.74) is 3.94. The largest absolute Gasteiger partial charge is 0.491 e. The van der Waals surface area contributed by atoms with Crippen molar-refractivity contribution in [1.29, 1.82) is 0 Å². The van der Waals surface area contributed by atoms with Crippen molar-refractivity contribution < 1.29 is 9.47 Å². The highest BCUT2D eigenvalue weighted by Gasteiger charge is 2.22. The molecule has 3 aromatic rings. The fourth-order valence-corrected chi connectivity index (χ4v) is 5.04. The number of hydrogen-bond acceptors (Lipinski definition) is 8. The molecule has 0 radical (unpaired) electrons. The number of hydrogen-bond donors (Lipinski definition) is 1. The van der Waals surface area contributed by atoms with Gasteiger partial charge in [0.05, 0.1) is 23.9 Å². The number of ether oxygens (including phenoxy) is 2. The Balaban J connectivity index is 1.35. The second-order valence-electron chi connectivity index (χ2n) is 11.5. The summed E-state index contributed by atoms with van der Waals surface area (Å²) in [5.74, 6) is 4.15. The summed E-state index contributed by atoms with van der Waals surface area (Å²) in [6, 6.07) is 10.5. The zero-order valence-electron chi connectivity index (χ0n) is 25.1. The molecule has 2 aliphatic rings. The van der Waals surface area contributed by atoms with E-state index in [1.807, 2.05) is 35.6 Å². The van der Waals surface area contributed by atoms with Crippen molar-refractivity contribution >= 4 is 34.3 Å². The second-order valence-corrected chi connectivity index (χ2v) is 11.5. The number of rotatable bonds is 9. The molecule has 0 saturated carbocycles. The molecule has 0 bridgehead atoms. The summed E-state index contributed by atoms with van der Waals surface area (Å²) in [4.78, 5) is 11.6. The molecule has 0 saturated heterocycles. The van der Waals surface area contributed by atoms with Crippen LogP contribution in [0.25, 0.3) is 10.9 Å². The maximum atomic E-state index is 6.26. The second kappa shape index (κ2) is 12.6. The Morgan fingerprint density at radius 2 is 2.05 bits per heavy atom. The minimum Gasteiger partial charge on any atom is -0.491 e. The van der Waals surface area contributed by atoms with Crippen molar-refractivity contribution in [3.8, 4) is 11.5 Å². The topological polar surface area (TPSA) is 75.1 Å². The lowest BCUT2D eigenvalue weighted by molar-refractivity contribution is 0.274. The smallest absolute Gasteiger partial charge is 0.144 e. The number of anilines is 3. The lowest BCUT2D eigenvalue weighted by atomic mass is 10.1. The SMILES string of the molecule is CCCCN1CC(C)COc2cc3ncnc(Nc4ccc(OC5=CC(C)N(/N=C\C(C)C)C=C5)c(C)c4)c3cc21. The first kappa shape index (κ1) is 28.5. The molecule has 0 spiro atoms. The van der Waals surface area contributed by atoms with Gasteiger partial charge in [0.15, 0.2) is 0 Å². The van der Waals surface area contributed by atoms with Gasteiger partial charge < -0.3 is 19.7 Å². The van der Waals surface area contributed by atoms with Crippen LogP contribution < -0.4 is 19.7 Å². The highest BCUT2D eigenvalue weighted by atomic mass is 16.5. The van der Waals surface area contributed by atoms with E-state index < -0.39 is 0 Å². The third-order valence-electron chi connectivity index (χ3n) is 7.27. The van der Waals surface area contributed by atoms with E-state index in [4.69, 9.17) is 9.47 Å². The Morgan fingerprint density at radius 3 is 2.80 bits per heavy atom. The van der Waals surface area contributed by atoms with Crippen LogP contribution in [0.3, 0.4) is 0 Å². The number of fused-ring (bicyclic) bond motifs is 2. The maximum Gasteiger partial charge on any atom is 0.144 e. The summed E-state index contributed by atoms with van der Waals surface area (Å²) in [7, 11) is 0. The van der Waals surface area contributed by atoms with Crippen LogP contribution in [-0.4, -0.2) is 46.9 Å². The van der Waals surface area contributed by atoms with Crippen LogP contribution in [0.4, 0.5) is 17.2 Å². The molecule has 2 aliphatic heterocycles. The Kier molecular flexibility index (Phi) is 8.76. The molecule has 0 fully saturated rings. The molecule has 2 atom stereocenters. The van der Waals surface area contributed by atoms with E-state index in [1.54, 1.807) is 6.33 Å². The maximum absolute atomic E-state index is 6.26. The third kappa shape index (κ3) is 6.81. The van der Waals surface area contributed by atoms with Gasteiger partial charge in [-0.25, -0.2) is 9.97 Å². The Hall–Kier alpha value is -4.07. The molecule has 2 aromatic carbocycles. The van der Waals surface area contributed by atoms with Crippen LogP contribution in [0.5, 0.6) is 11.5 Å². The van der Waals surface area contributed by atoms with E-state index in [-0.39, 0.29) is 6.04 Å². The average Bonchev–Trinajstić information content (AvgIpc) is 3.10. The highest BCUT2D eigenvalue weighted by molar-refractivity contribution is 5.95. The predicted molar refractivity (Wildman–Crippen MR) is 168 cm³/mol. The minimum absolute atomic E-state index is 0.110. The van der Waals surface area contributed by atoms with Gasteiger partial charge in [-0.05, 0) is 68.2 Å². The molecule has 3 heterocycles. The molecular weight excluding hydrogens is 512 g/mol. The molecule has 216 valence electrons. The molecule has 2 unspecified atom stereocenters. The fourth-order valence-electron chi connectivity index (χ4n) is 5.04. The number of allylic oxidation sites excluding steroid dienone is 1. The van der Waals surface area contributed by atoms with Gasteiger partial charge in [0, 0.05) is 48.6 Å². The van der Waals surface area contributed by atoms with Gasteiger partial charge in [0.25, 0.3) is 0 Å². The molecule has 1 N–H and O–H groups in total.